The quantitative estimate of drug-likeness (QED) is 0.495. The SMILES string of the molecule is CN(C(=O)O)C1CCN(c2cccc3ccc(-c4nnc5cc(C=O)ccn45)nc23)CC1. The van der Waals surface area contributed by atoms with Crippen LogP contribution in [0.5, 0.6) is 0 Å². The molecule has 3 aromatic heterocycles. The zero-order valence-corrected chi connectivity index (χ0v) is 17.5. The van der Waals surface area contributed by atoms with Crippen LogP contribution in [0.4, 0.5) is 10.5 Å². The largest absolute Gasteiger partial charge is 0.465 e. The van der Waals surface area contributed by atoms with Crippen molar-refractivity contribution >= 4 is 34.6 Å². The van der Waals surface area contributed by atoms with E-state index in [1.165, 1.54) is 4.90 Å². The lowest BCUT2D eigenvalue weighted by Crippen LogP contribution is -2.45. The Bertz CT molecular complexity index is 1330. The van der Waals surface area contributed by atoms with Crippen LogP contribution in [0.2, 0.25) is 0 Å². The molecule has 1 aliphatic rings. The molecule has 0 radical (unpaired) electrons. The first-order chi connectivity index (χ1) is 15.5. The van der Waals surface area contributed by atoms with Crippen LogP contribution in [0.1, 0.15) is 23.2 Å². The third kappa shape index (κ3) is 3.41. The molecule has 1 fully saturated rings. The number of carboxylic acid groups (broad SMARTS) is 1. The van der Waals surface area contributed by atoms with Gasteiger partial charge in [-0.3, -0.25) is 9.20 Å². The fraction of sp³-hybridized carbons (Fsp3) is 0.261. The predicted octanol–water partition coefficient (Wildman–Crippen LogP) is 3.34. The summed E-state index contributed by atoms with van der Waals surface area (Å²) in [4.78, 5) is 30.9. The first-order valence-corrected chi connectivity index (χ1v) is 10.5. The molecule has 9 nitrogen and oxygen atoms in total. The number of fused-ring (bicyclic) bond motifs is 2. The summed E-state index contributed by atoms with van der Waals surface area (Å²) in [5.41, 5.74) is 3.72. The highest BCUT2D eigenvalue weighted by Crippen LogP contribution is 2.30. The number of hydrogen-bond acceptors (Lipinski definition) is 6. The first-order valence-electron chi connectivity index (χ1n) is 10.5. The zero-order chi connectivity index (χ0) is 22.2. The molecule has 1 aromatic carbocycles. The molecule has 9 heteroatoms. The Morgan fingerprint density at radius 3 is 2.72 bits per heavy atom. The van der Waals surface area contributed by atoms with E-state index in [9.17, 15) is 14.7 Å². The van der Waals surface area contributed by atoms with Crippen molar-refractivity contribution in [1.82, 2.24) is 24.5 Å². The van der Waals surface area contributed by atoms with Crippen molar-refractivity contribution in [2.75, 3.05) is 25.0 Å². The summed E-state index contributed by atoms with van der Waals surface area (Å²) >= 11 is 0. The number of nitrogens with zero attached hydrogens (tertiary/aromatic N) is 6. The summed E-state index contributed by atoms with van der Waals surface area (Å²) in [6.07, 6.45) is 3.21. The second-order valence-electron chi connectivity index (χ2n) is 7.99. The highest BCUT2D eigenvalue weighted by Gasteiger charge is 2.26. The van der Waals surface area contributed by atoms with Gasteiger partial charge in [-0.1, -0.05) is 18.2 Å². The third-order valence-electron chi connectivity index (χ3n) is 6.15. The van der Waals surface area contributed by atoms with Gasteiger partial charge in [-0.05, 0) is 37.1 Å². The molecule has 0 spiro atoms. The Kier molecular flexibility index (Phi) is 4.93. The molecule has 5 rings (SSSR count). The molecule has 162 valence electrons. The van der Waals surface area contributed by atoms with Crippen molar-refractivity contribution in [1.29, 1.82) is 0 Å². The molecule has 0 aliphatic carbocycles. The van der Waals surface area contributed by atoms with Crippen LogP contribution in [-0.4, -0.2) is 68.1 Å². The normalized spacial score (nSPS) is 14.7. The van der Waals surface area contributed by atoms with Crippen LogP contribution in [-0.2, 0) is 0 Å². The molecule has 4 heterocycles. The summed E-state index contributed by atoms with van der Waals surface area (Å²) in [5, 5.41) is 18.8. The fourth-order valence-electron chi connectivity index (χ4n) is 4.32. The molecule has 1 saturated heterocycles. The lowest BCUT2D eigenvalue weighted by atomic mass is 10.0. The maximum absolute atomic E-state index is 11.3. The number of rotatable bonds is 4. The van der Waals surface area contributed by atoms with Crippen LogP contribution < -0.4 is 4.90 Å². The number of carbonyl (C=O) groups excluding carboxylic acids is 1. The van der Waals surface area contributed by atoms with E-state index in [4.69, 9.17) is 4.98 Å². The lowest BCUT2D eigenvalue weighted by Gasteiger charge is -2.37. The predicted molar refractivity (Wildman–Crippen MR) is 120 cm³/mol. The van der Waals surface area contributed by atoms with Gasteiger partial charge in [-0.15, -0.1) is 10.2 Å². The molecule has 1 N–H and O–H groups in total. The van der Waals surface area contributed by atoms with E-state index in [1.54, 1.807) is 25.4 Å². The first kappa shape index (κ1) is 19.9. The maximum atomic E-state index is 11.3. The second-order valence-corrected chi connectivity index (χ2v) is 7.99. The molecular weight excluding hydrogens is 408 g/mol. The number of aldehydes is 1. The van der Waals surface area contributed by atoms with Gasteiger partial charge in [0, 0.05) is 43.3 Å². The number of aromatic nitrogens is 4. The summed E-state index contributed by atoms with van der Waals surface area (Å²) in [6, 6.07) is 13.5. The molecule has 0 atom stereocenters. The molecule has 32 heavy (non-hydrogen) atoms. The highest BCUT2D eigenvalue weighted by molar-refractivity contribution is 5.92. The van der Waals surface area contributed by atoms with Gasteiger partial charge in [0.2, 0.25) is 0 Å². The topological polar surface area (TPSA) is 104 Å². The third-order valence-corrected chi connectivity index (χ3v) is 6.15. The van der Waals surface area contributed by atoms with Crippen LogP contribution in [0.15, 0.2) is 48.7 Å². The highest BCUT2D eigenvalue weighted by atomic mass is 16.4. The van der Waals surface area contributed by atoms with Crippen LogP contribution >= 0.6 is 0 Å². The molecule has 4 aromatic rings. The minimum absolute atomic E-state index is 0.0286. The van der Waals surface area contributed by atoms with Gasteiger partial charge in [0.05, 0.1) is 11.2 Å². The van der Waals surface area contributed by atoms with Crippen molar-refractivity contribution in [3.05, 3.63) is 54.2 Å². The van der Waals surface area contributed by atoms with Crippen molar-refractivity contribution in [2.24, 2.45) is 0 Å². The summed E-state index contributed by atoms with van der Waals surface area (Å²) in [5.74, 6) is 0.607. The van der Waals surface area contributed by atoms with E-state index >= 15 is 0 Å². The van der Waals surface area contributed by atoms with Crippen LogP contribution in [0, 0.1) is 0 Å². The fourth-order valence-corrected chi connectivity index (χ4v) is 4.32. The average Bonchev–Trinajstić information content (AvgIpc) is 3.26. The number of hydrogen-bond donors (Lipinski definition) is 1. The lowest BCUT2D eigenvalue weighted by molar-refractivity contribution is 0.112. The van der Waals surface area contributed by atoms with Crippen molar-refractivity contribution in [3.63, 3.8) is 0 Å². The van der Waals surface area contributed by atoms with Gasteiger partial charge in [-0.2, -0.15) is 0 Å². The van der Waals surface area contributed by atoms with E-state index in [2.05, 4.69) is 21.2 Å². The Balaban J connectivity index is 1.49. The maximum Gasteiger partial charge on any atom is 0.407 e. The Morgan fingerprint density at radius 2 is 1.97 bits per heavy atom. The minimum Gasteiger partial charge on any atom is -0.465 e. The summed E-state index contributed by atoms with van der Waals surface area (Å²) < 4.78 is 1.82. The van der Waals surface area contributed by atoms with E-state index < -0.39 is 6.09 Å². The molecule has 0 bridgehead atoms. The Hall–Kier alpha value is -4.01. The van der Waals surface area contributed by atoms with Gasteiger partial charge in [0.25, 0.3) is 0 Å². The Labute approximate surface area is 183 Å². The van der Waals surface area contributed by atoms with E-state index in [0.717, 1.165) is 48.8 Å². The van der Waals surface area contributed by atoms with Gasteiger partial charge in [0.1, 0.15) is 12.0 Å². The standard InChI is InChI=1S/C23H22N6O3/c1-27(23(31)32)17-8-10-28(11-9-17)19-4-2-3-16-5-6-18(24-21(16)19)22-26-25-20-13-15(14-30)7-12-29(20)22/h2-7,12-14,17H,8-11H2,1H3,(H,31,32). The smallest absolute Gasteiger partial charge is 0.407 e. The van der Waals surface area contributed by atoms with Crippen molar-refractivity contribution in [3.8, 4) is 11.5 Å². The second kappa shape index (κ2) is 7.92. The minimum atomic E-state index is -0.888. The molecule has 1 aliphatic heterocycles. The van der Waals surface area contributed by atoms with E-state index in [0.29, 0.717) is 22.7 Å². The Morgan fingerprint density at radius 1 is 1.16 bits per heavy atom. The van der Waals surface area contributed by atoms with E-state index in [1.807, 2.05) is 28.7 Å². The number of para-hydroxylation sites is 1. The number of pyridine rings is 2. The van der Waals surface area contributed by atoms with Crippen LogP contribution in [0.3, 0.4) is 0 Å². The van der Waals surface area contributed by atoms with Crippen molar-refractivity contribution < 1.29 is 14.7 Å². The molecule has 1 amide bonds. The molecule has 0 saturated carbocycles. The molecular formula is C23H22N6O3. The van der Waals surface area contributed by atoms with Crippen LogP contribution in [0.25, 0.3) is 28.1 Å². The summed E-state index contributed by atoms with van der Waals surface area (Å²) in [7, 11) is 1.63. The number of anilines is 1. The van der Waals surface area contributed by atoms with Gasteiger partial charge >= 0.3 is 6.09 Å². The summed E-state index contributed by atoms with van der Waals surface area (Å²) in [6.45, 7) is 1.52. The van der Waals surface area contributed by atoms with Gasteiger partial charge in [-0.25, -0.2) is 9.78 Å². The average molecular weight is 430 g/mol. The van der Waals surface area contributed by atoms with Gasteiger partial charge < -0.3 is 14.9 Å². The number of amides is 1. The zero-order valence-electron chi connectivity index (χ0n) is 17.5. The van der Waals surface area contributed by atoms with Gasteiger partial charge in [0.15, 0.2) is 11.5 Å². The monoisotopic (exact) mass is 430 g/mol. The van der Waals surface area contributed by atoms with Crippen molar-refractivity contribution in [2.45, 2.75) is 18.9 Å². The van der Waals surface area contributed by atoms with E-state index in [-0.39, 0.29) is 6.04 Å². The number of carbonyl (C=O) groups is 2. The number of piperidine rings is 1. The molecule has 0 unspecified atom stereocenters. The number of benzene rings is 1.